The molecule has 2 N–H and O–H groups in total. The molecule has 6 heteroatoms. The molecule has 1 aromatic carbocycles. The highest BCUT2D eigenvalue weighted by atomic mass is 16.5. The van der Waals surface area contributed by atoms with Gasteiger partial charge in [-0.2, -0.15) is 5.10 Å². The summed E-state index contributed by atoms with van der Waals surface area (Å²) < 4.78 is 7.39. The van der Waals surface area contributed by atoms with Crippen LogP contribution in [0.1, 0.15) is 5.69 Å². The zero-order valence-electron chi connectivity index (χ0n) is 11.2. The lowest BCUT2D eigenvalue weighted by Crippen LogP contribution is -2.44. The van der Waals surface area contributed by atoms with Crippen molar-refractivity contribution in [1.29, 1.82) is 0 Å². The van der Waals surface area contributed by atoms with Crippen molar-refractivity contribution in [3.8, 4) is 5.75 Å². The molecule has 0 aliphatic carbocycles. The summed E-state index contributed by atoms with van der Waals surface area (Å²) in [5.74, 6) is 0.564. The molecule has 1 aromatic heterocycles. The maximum atomic E-state index is 12.1. The number of aryl methyl sites for hydroxylation is 1. The van der Waals surface area contributed by atoms with Gasteiger partial charge in [-0.25, -0.2) is 0 Å². The molecule has 20 heavy (non-hydrogen) atoms. The molecular weight excluding hydrogens is 256 g/mol. The summed E-state index contributed by atoms with van der Waals surface area (Å²) in [6, 6.07) is 9.46. The number of carbonyl (C=O) groups is 1. The number of benzene rings is 1. The average molecular weight is 272 g/mol. The Morgan fingerprint density at radius 1 is 1.50 bits per heavy atom. The molecule has 1 aliphatic rings. The van der Waals surface area contributed by atoms with Crippen LogP contribution in [0.4, 0.5) is 5.69 Å². The minimum atomic E-state index is -0.520. The van der Waals surface area contributed by atoms with Gasteiger partial charge in [-0.15, -0.1) is 0 Å². The highest BCUT2D eigenvalue weighted by Gasteiger charge is 2.25. The van der Waals surface area contributed by atoms with Gasteiger partial charge in [0.15, 0.2) is 6.10 Å². The van der Waals surface area contributed by atoms with Gasteiger partial charge in [0.1, 0.15) is 5.75 Å². The smallest absolute Gasteiger partial charge is 0.263 e. The first-order valence-corrected chi connectivity index (χ1v) is 6.48. The molecule has 2 heterocycles. The first kappa shape index (κ1) is 12.5. The topological polar surface area (TPSA) is 68.2 Å². The van der Waals surface area contributed by atoms with Gasteiger partial charge >= 0.3 is 0 Å². The first-order chi connectivity index (χ1) is 9.72. The summed E-state index contributed by atoms with van der Waals surface area (Å²) in [5, 5.41) is 10.2. The second-order valence-corrected chi connectivity index (χ2v) is 4.68. The van der Waals surface area contributed by atoms with E-state index in [1.165, 1.54) is 0 Å². The van der Waals surface area contributed by atoms with E-state index in [2.05, 4.69) is 15.7 Å². The van der Waals surface area contributed by atoms with E-state index in [1.54, 1.807) is 4.68 Å². The van der Waals surface area contributed by atoms with Gasteiger partial charge in [0.05, 0.1) is 24.5 Å². The Morgan fingerprint density at radius 2 is 2.35 bits per heavy atom. The van der Waals surface area contributed by atoms with Gasteiger partial charge in [0.2, 0.25) is 0 Å². The van der Waals surface area contributed by atoms with Crippen LogP contribution >= 0.6 is 0 Å². The van der Waals surface area contributed by atoms with E-state index in [0.29, 0.717) is 18.8 Å². The maximum absolute atomic E-state index is 12.1. The standard InChI is InChI=1S/C14H16N4O2/c1-18-7-6-10(17-18)8-16-14(19)13-9-15-11-4-2-3-5-12(11)20-13/h2-7,13,15H,8-9H2,1H3,(H,16,19). The highest BCUT2D eigenvalue weighted by molar-refractivity contribution is 5.83. The third kappa shape index (κ3) is 2.59. The van der Waals surface area contributed by atoms with Crippen LogP contribution in [-0.2, 0) is 18.4 Å². The molecular formula is C14H16N4O2. The van der Waals surface area contributed by atoms with Crippen molar-refractivity contribution in [2.45, 2.75) is 12.6 Å². The maximum Gasteiger partial charge on any atom is 0.263 e. The second kappa shape index (κ2) is 5.24. The van der Waals surface area contributed by atoms with E-state index in [4.69, 9.17) is 4.74 Å². The van der Waals surface area contributed by atoms with E-state index in [1.807, 2.05) is 43.6 Å². The summed E-state index contributed by atoms with van der Waals surface area (Å²) in [6.45, 7) is 0.867. The van der Waals surface area contributed by atoms with Crippen LogP contribution in [0.3, 0.4) is 0 Å². The van der Waals surface area contributed by atoms with Gasteiger partial charge in [-0.05, 0) is 18.2 Å². The number of ether oxygens (including phenoxy) is 1. The molecule has 104 valence electrons. The van der Waals surface area contributed by atoms with Crippen LogP contribution in [0, 0.1) is 0 Å². The Balaban J connectivity index is 1.59. The minimum absolute atomic E-state index is 0.141. The normalized spacial score (nSPS) is 16.8. The van der Waals surface area contributed by atoms with Gasteiger partial charge in [-0.1, -0.05) is 12.1 Å². The van der Waals surface area contributed by atoms with Crippen molar-refractivity contribution >= 4 is 11.6 Å². The molecule has 0 saturated carbocycles. The predicted molar refractivity (Wildman–Crippen MR) is 74.4 cm³/mol. The summed E-state index contributed by atoms with van der Waals surface area (Å²) in [4.78, 5) is 12.1. The van der Waals surface area contributed by atoms with Crippen LogP contribution < -0.4 is 15.4 Å². The lowest BCUT2D eigenvalue weighted by molar-refractivity contribution is -0.127. The number of para-hydroxylation sites is 2. The van der Waals surface area contributed by atoms with E-state index in [-0.39, 0.29) is 5.91 Å². The third-order valence-electron chi connectivity index (χ3n) is 3.14. The number of rotatable bonds is 3. The molecule has 6 nitrogen and oxygen atoms in total. The Morgan fingerprint density at radius 3 is 3.15 bits per heavy atom. The van der Waals surface area contributed by atoms with Gasteiger partial charge in [0.25, 0.3) is 5.91 Å². The number of nitrogens with zero attached hydrogens (tertiary/aromatic N) is 2. The number of nitrogens with one attached hydrogen (secondary N) is 2. The third-order valence-corrected chi connectivity index (χ3v) is 3.14. The van der Waals surface area contributed by atoms with E-state index in [0.717, 1.165) is 11.4 Å². The van der Waals surface area contributed by atoms with Gasteiger partial charge < -0.3 is 15.4 Å². The summed E-state index contributed by atoms with van der Waals surface area (Å²) in [6.07, 6.45) is 1.32. The number of carbonyl (C=O) groups excluding carboxylic acids is 1. The first-order valence-electron chi connectivity index (χ1n) is 6.48. The van der Waals surface area contributed by atoms with Gasteiger partial charge in [0, 0.05) is 13.2 Å². The Bertz CT molecular complexity index is 623. The summed E-state index contributed by atoms with van der Waals surface area (Å²) >= 11 is 0. The quantitative estimate of drug-likeness (QED) is 0.871. The van der Waals surface area contributed by atoms with Crippen molar-refractivity contribution in [2.24, 2.45) is 7.05 Å². The number of hydrogen-bond donors (Lipinski definition) is 2. The molecule has 0 radical (unpaired) electrons. The van der Waals surface area contributed by atoms with Crippen LogP contribution in [0.2, 0.25) is 0 Å². The fourth-order valence-corrected chi connectivity index (χ4v) is 2.11. The van der Waals surface area contributed by atoms with Gasteiger partial charge in [-0.3, -0.25) is 9.48 Å². The number of aromatic nitrogens is 2. The molecule has 1 unspecified atom stereocenters. The molecule has 0 saturated heterocycles. The van der Waals surface area contributed by atoms with E-state index >= 15 is 0 Å². The zero-order valence-corrected chi connectivity index (χ0v) is 11.2. The van der Waals surface area contributed by atoms with Crippen molar-refractivity contribution in [2.75, 3.05) is 11.9 Å². The van der Waals surface area contributed by atoms with Crippen molar-refractivity contribution < 1.29 is 9.53 Å². The fourth-order valence-electron chi connectivity index (χ4n) is 2.11. The number of anilines is 1. The largest absolute Gasteiger partial charge is 0.477 e. The highest BCUT2D eigenvalue weighted by Crippen LogP contribution is 2.28. The monoisotopic (exact) mass is 272 g/mol. The van der Waals surface area contributed by atoms with Crippen LogP contribution in [0.15, 0.2) is 36.5 Å². The van der Waals surface area contributed by atoms with Crippen molar-refractivity contribution in [3.63, 3.8) is 0 Å². The van der Waals surface area contributed by atoms with Crippen molar-refractivity contribution in [1.82, 2.24) is 15.1 Å². The SMILES string of the molecule is Cn1ccc(CNC(=O)C2CNc3ccccc3O2)n1. The second-order valence-electron chi connectivity index (χ2n) is 4.68. The number of hydrogen-bond acceptors (Lipinski definition) is 4. The summed E-state index contributed by atoms with van der Waals surface area (Å²) in [5.41, 5.74) is 1.74. The molecule has 0 spiro atoms. The Hall–Kier alpha value is -2.50. The predicted octanol–water partition coefficient (Wildman–Crippen LogP) is 0.909. The Kier molecular flexibility index (Phi) is 3.28. The molecule has 1 aliphatic heterocycles. The lowest BCUT2D eigenvalue weighted by Gasteiger charge is -2.26. The summed E-state index contributed by atoms with van der Waals surface area (Å²) in [7, 11) is 1.84. The minimum Gasteiger partial charge on any atom is -0.477 e. The molecule has 1 atom stereocenters. The molecule has 0 bridgehead atoms. The molecule has 3 rings (SSSR count). The number of amides is 1. The average Bonchev–Trinajstić information content (AvgIpc) is 2.90. The lowest BCUT2D eigenvalue weighted by atomic mass is 10.2. The fraction of sp³-hybridized carbons (Fsp3) is 0.286. The molecule has 0 fully saturated rings. The Labute approximate surface area is 116 Å². The van der Waals surface area contributed by atoms with Crippen LogP contribution in [0.5, 0.6) is 5.75 Å². The van der Waals surface area contributed by atoms with Crippen molar-refractivity contribution in [3.05, 3.63) is 42.2 Å². The molecule has 1 amide bonds. The van der Waals surface area contributed by atoms with Crippen LogP contribution in [0.25, 0.3) is 0 Å². The van der Waals surface area contributed by atoms with E-state index in [9.17, 15) is 4.79 Å². The van der Waals surface area contributed by atoms with E-state index < -0.39 is 6.10 Å². The zero-order chi connectivity index (χ0) is 13.9. The molecule has 2 aromatic rings. The van der Waals surface area contributed by atoms with Crippen LogP contribution in [-0.4, -0.2) is 28.3 Å². The number of fused-ring (bicyclic) bond motifs is 1.